The van der Waals surface area contributed by atoms with Gasteiger partial charge in [0, 0.05) is 44.8 Å². The molecule has 1 saturated heterocycles. The van der Waals surface area contributed by atoms with Gasteiger partial charge in [-0.15, -0.1) is 22.7 Å². The van der Waals surface area contributed by atoms with Crippen molar-refractivity contribution in [1.82, 2.24) is 19.8 Å². The van der Waals surface area contributed by atoms with Gasteiger partial charge in [-0.3, -0.25) is 4.90 Å². The Balaban J connectivity index is 1.64. The van der Waals surface area contributed by atoms with Crippen LogP contribution in [0.3, 0.4) is 0 Å². The highest BCUT2D eigenvalue weighted by molar-refractivity contribution is 7.16. The number of hydrogen-bond acceptors (Lipinski definition) is 7. The van der Waals surface area contributed by atoms with Gasteiger partial charge in [0.15, 0.2) is 5.13 Å². The van der Waals surface area contributed by atoms with Crippen molar-refractivity contribution in [3.63, 3.8) is 0 Å². The van der Waals surface area contributed by atoms with Crippen LogP contribution in [0.2, 0.25) is 0 Å². The van der Waals surface area contributed by atoms with Crippen molar-refractivity contribution >= 4 is 27.8 Å². The van der Waals surface area contributed by atoms with Crippen LogP contribution < -0.4 is 5.32 Å². The summed E-state index contributed by atoms with van der Waals surface area (Å²) in [6.45, 7) is 5.52. The van der Waals surface area contributed by atoms with E-state index in [9.17, 15) is 0 Å². The van der Waals surface area contributed by atoms with Crippen LogP contribution in [-0.4, -0.2) is 60.0 Å². The van der Waals surface area contributed by atoms with Crippen LogP contribution in [0.15, 0.2) is 11.6 Å². The van der Waals surface area contributed by atoms with E-state index in [2.05, 4.69) is 37.5 Å². The molecule has 0 aromatic carbocycles. The van der Waals surface area contributed by atoms with E-state index < -0.39 is 0 Å². The second kappa shape index (κ2) is 6.17. The molecule has 2 aromatic heterocycles. The molecule has 0 bridgehead atoms. The van der Waals surface area contributed by atoms with Crippen LogP contribution in [0.5, 0.6) is 0 Å². The smallest absolute Gasteiger partial charge is 0.182 e. The molecule has 0 aliphatic carbocycles. The van der Waals surface area contributed by atoms with E-state index >= 15 is 0 Å². The van der Waals surface area contributed by atoms with Crippen molar-refractivity contribution in [3.05, 3.63) is 16.6 Å². The summed E-state index contributed by atoms with van der Waals surface area (Å²) >= 11 is 3.38. The number of likely N-dealkylation sites (N-methyl/N-ethyl adjacent to an activating group) is 1. The number of thiazole rings is 2. The van der Waals surface area contributed by atoms with E-state index in [1.807, 2.05) is 13.2 Å². The van der Waals surface area contributed by atoms with Gasteiger partial charge in [0.05, 0.1) is 17.1 Å². The Kier molecular flexibility index (Phi) is 4.30. The van der Waals surface area contributed by atoms with Crippen molar-refractivity contribution in [3.8, 4) is 10.6 Å². The molecule has 1 fully saturated rings. The topological polar surface area (TPSA) is 44.3 Å². The predicted octanol–water partition coefficient (Wildman–Crippen LogP) is 2.06. The van der Waals surface area contributed by atoms with E-state index in [0.717, 1.165) is 48.4 Å². The van der Waals surface area contributed by atoms with Gasteiger partial charge in [0.2, 0.25) is 0 Å². The van der Waals surface area contributed by atoms with Crippen LogP contribution in [0.25, 0.3) is 10.6 Å². The zero-order chi connectivity index (χ0) is 13.9. The molecule has 0 amide bonds. The molecule has 3 heterocycles. The molecule has 2 aromatic rings. The molecule has 20 heavy (non-hydrogen) atoms. The monoisotopic (exact) mass is 309 g/mol. The van der Waals surface area contributed by atoms with Gasteiger partial charge in [-0.25, -0.2) is 9.97 Å². The molecule has 1 aliphatic heterocycles. The first-order valence-electron chi connectivity index (χ1n) is 6.74. The summed E-state index contributed by atoms with van der Waals surface area (Å²) in [5, 5.41) is 7.29. The maximum Gasteiger partial charge on any atom is 0.182 e. The van der Waals surface area contributed by atoms with Crippen molar-refractivity contribution in [2.75, 3.05) is 45.6 Å². The molecule has 0 radical (unpaired) electrons. The molecule has 0 atom stereocenters. The molecule has 0 spiro atoms. The highest BCUT2D eigenvalue weighted by atomic mass is 32.1. The lowest BCUT2D eigenvalue weighted by Gasteiger charge is -2.31. The van der Waals surface area contributed by atoms with E-state index in [1.54, 1.807) is 22.7 Å². The Morgan fingerprint density at radius 2 is 2.10 bits per heavy atom. The third kappa shape index (κ3) is 3.17. The van der Waals surface area contributed by atoms with Crippen molar-refractivity contribution in [2.45, 2.75) is 6.54 Å². The molecular weight excluding hydrogens is 290 g/mol. The van der Waals surface area contributed by atoms with Crippen LogP contribution in [-0.2, 0) is 6.54 Å². The van der Waals surface area contributed by atoms with E-state index in [4.69, 9.17) is 0 Å². The zero-order valence-electron chi connectivity index (χ0n) is 11.8. The number of piperazine rings is 1. The standard InChI is InChI=1S/C13H19N5S2/c1-14-13-16-10(9-19-13)11-7-15-12(20-11)8-18-5-3-17(2)4-6-18/h7,9H,3-6,8H2,1-2H3,(H,14,16). The van der Waals surface area contributed by atoms with Crippen molar-refractivity contribution < 1.29 is 0 Å². The fraction of sp³-hybridized carbons (Fsp3) is 0.538. The fourth-order valence-electron chi connectivity index (χ4n) is 2.20. The normalized spacial score (nSPS) is 17.5. The van der Waals surface area contributed by atoms with E-state index in [-0.39, 0.29) is 0 Å². The molecule has 0 saturated carbocycles. The minimum Gasteiger partial charge on any atom is -0.365 e. The lowest BCUT2D eigenvalue weighted by atomic mass is 10.3. The Hall–Kier alpha value is -1.02. The fourth-order valence-corrected chi connectivity index (χ4v) is 3.87. The molecule has 5 nitrogen and oxygen atoms in total. The summed E-state index contributed by atoms with van der Waals surface area (Å²) in [6, 6.07) is 0. The maximum atomic E-state index is 4.55. The van der Waals surface area contributed by atoms with Gasteiger partial charge in [0.1, 0.15) is 5.01 Å². The quantitative estimate of drug-likeness (QED) is 0.936. The summed E-state index contributed by atoms with van der Waals surface area (Å²) in [5.74, 6) is 0. The second-order valence-corrected chi connectivity index (χ2v) is 6.96. The average molecular weight is 309 g/mol. The Morgan fingerprint density at radius 1 is 1.30 bits per heavy atom. The zero-order valence-corrected chi connectivity index (χ0v) is 13.4. The van der Waals surface area contributed by atoms with Crippen LogP contribution in [0.4, 0.5) is 5.13 Å². The summed E-state index contributed by atoms with van der Waals surface area (Å²) in [5.41, 5.74) is 1.03. The number of hydrogen-bond donors (Lipinski definition) is 1. The molecule has 3 rings (SSSR count). The third-order valence-corrected chi connectivity index (χ3v) is 5.34. The lowest BCUT2D eigenvalue weighted by Crippen LogP contribution is -2.43. The van der Waals surface area contributed by atoms with Gasteiger partial charge < -0.3 is 10.2 Å². The van der Waals surface area contributed by atoms with Crippen LogP contribution >= 0.6 is 22.7 Å². The third-order valence-electron chi connectivity index (χ3n) is 3.48. The van der Waals surface area contributed by atoms with Gasteiger partial charge in [-0.2, -0.15) is 0 Å². The Bertz CT molecular complexity index is 557. The molecular formula is C13H19N5S2. The number of aromatic nitrogens is 2. The minimum atomic E-state index is 0.953. The van der Waals surface area contributed by atoms with Crippen molar-refractivity contribution in [2.24, 2.45) is 0 Å². The first-order chi connectivity index (χ1) is 9.74. The molecule has 1 N–H and O–H groups in total. The van der Waals surface area contributed by atoms with Gasteiger partial charge in [-0.1, -0.05) is 0 Å². The Morgan fingerprint density at radius 3 is 2.80 bits per heavy atom. The van der Waals surface area contributed by atoms with E-state index in [1.165, 1.54) is 5.01 Å². The van der Waals surface area contributed by atoms with Crippen LogP contribution in [0.1, 0.15) is 5.01 Å². The summed E-state index contributed by atoms with van der Waals surface area (Å²) in [4.78, 5) is 15.1. The second-order valence-electron chi connectivity index (χ2n) is 4.99. The number of nitrogens with one attached hydrogen (secondary N) is 1. The minimum absolute atomic E-state index is 0.953. The molecule has 1 aliphatic rings. The average Bonchev–Trinajstić information content (AvgIpc) is 3.10. The van der Waals surface area contributed by atoms with Gasteiger partial charge in [0.25, 0.3) is 0 Å². The summed E-state index contributed by atoms with van der Waals surface area (Å²) in [6.07, 6.45) is 1.95. The van der Waals surface area contributed by atoms with Gasteiger partial charge in [-0.05, 0) is 7.05 Å². The molecule has 7 heteroatoms. The highest BCUT2D eigenvalue weighted by Crippen LogP contribution is 2.29. The summed E-state index contributed by atoms with van der Waals surface area (Å²) in [7, 11) is 4.08. The first kappa shape index (κ1) is 13.9. The summed E-state index contributed by atoms with van der Waals surface area (Å²) < 4.78 is 0. The maximum absolute atomic E-state index is 4.55. The largest absolute Gasteiger partial charge is 0.365 e. The highest BCUT2D eigenvalue weighted by Gasteiger charge is 2.16. The SMILES string of the molecule is CNc1nc(-c2cnc(CN3CCN(C)CC3)s2)cs1. The predicted molar refractivity (Wildman–Crippen MR) is 85.5 cm³/mol. The molecule has 108 valence electrons. The van der Waals surface area contributed by atoms with Crippen molar-refractivity contribution in [1.29, 1.82) is 0 Å². The number of rotatable bonds is 4. The lowest BCUT2D eigenvalue weighted by molar-refractivity contribution is 0.148. The van der Waals surface area contributed by atoms with E-state index in [0.29, 0.717) is 0 Å². The Labute approximate surface area is 127 Å². The first-order valence-corrected chi connectivity index (χ1v) is 8.43. The van der Waals surface area contributed by atoms with Crippen LogP contribution in [0, 0.1) is 0 Å². The number of anilines is 1. The number of nitrogens with zero attached hydrogens (tertiary/aromatic N) is 4. The van der Waals surface area contributed by atoms with Gasteiger partial charge >= 0.3 is 0 Å². The molecule has 0 unspecified atom stereocenters.